The lowest BCUT2D eigenvalue weighted by molar-refractivity contribution is -0.128. The number of ketones is 2. The van der Waals surface area contributed by atoms with Gasteiger partial charge in [0.05, 0.1) is 0 Å². The maximum absolute atomic E-state index is 11.6. The molecule has 4 rings (SSSR count). The minimum atomic E-state index is 0.0255. The van der Waals surface area contributed by atoms with Gasteiger partial charge in [-0.15, -0.1) is 0 Å². The van der Waals surface area contributed by atoms with Crippen molar-refractivity contribution in [2.75, 3.05) is 0 Å². The van der Waals surface area contributed by atoms with Crippen LogP contribution in [-0.2, 0) is 9.59 Å². The van der Waals surface area contributed by atoms with Gasteiger partial charge in [-0.2, -0.15) is 0 Å². The third-order valence-corrected chi connectivity index (χ3v) is 10.8. The van der Waals surface area contributed by atoms with Crippen molar-refractivity contribution >= 4 is 11.6 Å². The molecule has 0 N–H and O–H groups in total. The summed E-state index contributed by atoms with van der Waals surface area (Å²) in [6.07, 6.45) is 18.0. The van der Waals surface area contributed by atoms with Crippen LogP contribution in [0.1, 0.15) is 140 Å². The second-order valence-corrected chi connectivity index (χ2v) is 14.6. The number of carbonyl (C=O) groups is 2. The van der Waals surface area contributed by atoms with Crippen molar-refractivity contribution in [3.8, 4) is 0 Å². The minimum absolute atomic E-state index is 0.0255. The van der Waals surface area contributed by atoms with Gasteiger partial charge < -0.3 is 0 Å². The predicted molar refractivity (Wildman–Crippen MR) is 160 cm³/mol. The van der Waals surface area contributed by atoms with E-state index >= 15 is 0 Å². The molecule has 0 spiro atoms. The first kappa shape index (κ1) is 32.0. The number of rotatable bonds is 1. The molecule has 2 heteroatoms. The molecule has 4 aliphatic carbocycles. The summed E-state index contributed by atoms with van der Waals surface area (Å²) >= 11 is 0. The Morgan fingerprint density at radius 1 is 0.865 bits per heavy atom. The summed E-state index contributed by atoms with van der Waals surface area (Å²) < 4.78 is 0. The average Bonchev–Trinajstić information content (AvgIpc) is 3.12. The molecule has 0 radical (unpaired) electrons. The van der Waals surface area contributed by atoms with Gasteiger partial charge in [0, 0.05) is 18.3 Å². The summed E-state index contributed by atoms with van der Waals surface area (Å²) in [7, 11) is 0. The van der Waals surface area contributed by atoms with Crippen molar-refractivity contribution in [1.29, 1.82) is 0 Å². The van der Waals surface area contributed by atoms with Gasteiger partial charge in [0.2, 0.25) is 0 Å². The van der Waals surface area contributed by atoms with Gasteiger partial charge in [-0.3, -0.25) is 9.59 Å². The largest absolute Gasteiger partial charge is 0.299 e. The Labute approximate surface area is 230 Å². The zero-order chi connectivity index (χ0) is 28.0. The third kappa shape index (κ3) is 8.40. The fourth-order valence-corrected chi connectivity index (χ4v) is 7.05. The summed E-state index contributed by atoms with van der Waals surface area (Å²) in [6, 6.07) is 0. The molecule has 0 aromatic carbocycles. The second-order valence-electron chi connectivity index (χ2n) is 14.6. The van der Waals surface area contributed by atoms with Crippen LogP contribution in [0, 0.1) is 46.3 Å². The van der Waals surface area contributed by atoms with Crippen LogP contribution in [0.3, 0.4) is 0 Å². The molecule has 3 saturated carbocycles. The molecule has 0 aliphatic heterocycles. The fraction of sp³-hybridized carbons (Fsp3) is 0.829. The first-order valence-electron chi connectivity index (χ1n) is 15.6. The van der Waals surface area contributed by atoms with E-state index in [4.69, 9.17) is 0 Å². The van der Waals surface area contributed by atoms with Crippen LogP contribution in [0.2, 0.25) is 0 Å². The van der Waals surface area contributed by atoms with Crippen LogP contribution in [0.15, 0.2) is 23.3 Å². The number of hydrogen-bond donors (Lipinski definition) is 0. The highest BCUT2D eigenvalue weighted by Gasteiger charge is 2.61. The molecule has 0 saturated heterocycles. The van der Waals surface area contributed by atoms with Crippen LogP contribution in [-0.4, -0.2) is 11.6 Å². The van der Waals surface area contributed by atoms with Gasteiger partial charge >= 0.3 is 0 Å². The molecule has 0 heterocycles. The monoisotopic (exact) mass is 512 g/mol. The molecule has 0 aromatic rings. The van der Waals surface area contributed by atoms with E-state index in [0.29, 0.717) is 23.4 Å². The van der Waals surface area contributed by atoms with Crippen molar-refractivity contribution in [2.24, 2.45) is 46.3 Å². The summed E-state index contributed by atoms with van der Waals surface area (Å²) in [5.74, 6) is 5.67. The van der Waals surface area contributed by atoms with Crippen molar-refractivity contribution in [3.63, 3.8) is 0 Å². The molecule has 2 bridgehead atoms. The Morgan fingerprint density at radius 3 is 1.97 bits per heavy atom. The molecule has 0 aromatic heterocycles. The molecular weight excluding hydrogens is 452 g/mol. The quantitative estimate of drug-likeness (QED) is 0.259. The van der Waals surface area contributed by atoms with Crippen LogP contribution < -0.4 is 0 Å². The van der Waals surface area contributed by atoms with E-state index in [0.717, 1.165) is 54.9 Å². The molecule has 0 amide bonds. The topological polar surface area (TPSA) is 34.1 Å². The van der Waals surface area contributed by atoms with Gasteiger partial charge in [-0.25, -0.2) is 0 Å². The second kappa shape index (κ2) is 13.7. The smallest absolute Gasteiger partial charge is 0.159 e. The Balaban J connectivity index is 0.000000198. The normalized spacial score (nSPS) is 36.3. The van der Waals surface area contributed by atoms with E-state index in [1.165, 1.54) is 50.5 Å². The molecule has 6 atom stereocenters. The molecule has 3 fully saturated rings. The number of Topliss-reactive ketones (excluding diaryl/α,β-unsaturated/α-hetero) is 2. The molecule has 2 nitrogen and oxygen atoms in total. The van der Waals surface area contributed by atoms with E-state index in [1.807, 2.05) is 13.8 Å². The molecular formula is C35H60O2. The van der Waals surface area contributed by atoms with Gasteiger partial charge in [-0.05, 0) is 112 Å². The van der Waals surface area contributed by atoms with E-state index in [1.54, 1.807) is 0 Å². The number of fused-ring (bicyclic) bond motifs is 2. The van der Waals surface area contributed by atoms with E-state index in [2.05, 4.69) is 67.5 Å². The lowest BCUT2D eigenvalue weighted by atomic mass is 9.70. The highest BCUT2D eigenvalue weighted by atomic mass is 16.1. The molecule has 4 aliphatic rings. The number of allylic oxidation sites excluding steroid dienone is 4. The maximum Gasteiger partial charge on any atom is 0.159 e. The predicted octanol–water partition coefficient (Wildman–Crippen LogP) is 10.2. The zero-order valence-electron chi connectivity index (χ0n) is 26.2. The molecule has 2 unspecified atom stereocenters. The number of carbonyl (C=O) groups excluding carboxylic acids is 2. The van der Waals surface area contributed by atoms with Gasteiger partial charge in [0.1, 0.15) is 5.78 Å². The van der Waals surface area contributed by atoms with Crippen molar-refractivity contribution in [2.45, 2.75) is 140 Å². The van der Waals surface area contributed by atoms with Crippen LogP contribution in [0.5, 0.6) is 0 Å². The molecule has 37 heavy (non-hydrogen) atoms. The standard InChI is InChI=1S/C15H28.2C10H16O/c1-12(2)15-10-8-13(3)6-5-7-14(4)9-11-15;1-9(2)7-4-5-10(9,3)8(11)6-7;1-7(2)9-5-4-8(3)6-10(9)11/h5-6,12-15H,7-11H2,1-4H3;7H,4-6H2,1-3H3;8H,4-6H2,1-3H3/b6-5+;;/t13-,14+,15-;;8-/m1.1/s1. The van der Waals surface area contributed by atoms with Crippen molar-refractivity contribution in [1.82, 2.24) is 0 Å². The highest BCUT2D eigenvalue weighted by Crippen LogP contribution is 2.63. The Kier molecular flexibility index (Phi) is 11.9. The number of hydrogen-bond acceptors (Lipinski definition) is 2. The van der Waals surface area contributed by atoms with E-state index < -0.39 is 0 Å². The summed E-state index contributed by atoms with van der Waals surface area (Å²) in [5, 5.41) is 0. The summed E-state index contributed by atoms with van der Waals surface area (Å²) in [5.41, 5.74) is 2.60. The lowest BCUT2D eigenvalue weighted by Gasteiger charge is -2.32. The van der Waals surface area contributed by atoms with E-state index in [-0.39, 0.29) is 10.8 Å². The molecule has 212 valence electrons. The van der Waals surface area contributed by atoms with Crippen molar-refractivity contribution < 1.29 is 9.59 Å². The summed E-state index contributed by atoms with van der Waals surface area (Å²) in [6.45, 7) is 22.4. The Morgan fingerprint density at radius 2 is 1.51 bits per heavy atom. The minimum Gasteiger partial charge on any atom is -0.299 e. The first-order valence-corrected chi connectivity index (χ1v) is 15.6. The van der Waals surface area contributed by atoms with Crippen LogP contribution in [0.4, 0.5) is 0 Å². The van der Waals surface area contributed by atoms with Crippen molar-refractivity contribution in [3.05, 3.63) is 23.3 Å². The van der Waals surface area contributed by atoms with Crippen LogP contribution >= 0.6 is 0 Å². The van der Waals surface area contributed by atoms with Gasteiger partial charge in [0.25, 0.3) is 0 Å². The van der Waals surface area contributed by atoms with Crippen LogP contribution in [0.25, 0.3) is 0 Å². The Bertz CT molecular complexity index is 824. The van der Waals surface area contributed by atoms with E-state index in [9.17, 15) is 9.59 Å². The Hall–Kier alpha value is -1.18. The first-order chi connectivity index (χ1) is 17.2. The summed E-state index contributed by atoms with van der Waals surface area (Å²) in [4.78, 5) is 23.0. The zero-order valence-corrected chi connectivity index (χ0v) is 26.2. The van der Waals surface area contributed by atoms with Gasteiger partial charge in [0.15, 0.2) is 5.78 Å². The average molecular weight is 513 g/mol. The van der Waals surface area contributed by atoms with Gasteiger partial charge in [-0.1, -0.05) is 79.5 Å². The SMILES string of the molecule is CC(C)=C1CC[C@@H](C)CC1=O.CC(C)[C@H]1CC[C@@H](C)C/C=C/[C@@H](C)CC1.CC12CCC(CC1=O)C2(C)C. The fourth-order valence-electron chi connectivity index (χ4n) is 7.05. The highest BCUT2D eigenvalue weighted by molar-refractivity contribution is 5.96. The lowest BCUT2D eigenvalue weighted by Crippen LogP contribution is -2.32. The third-order valence-electron chi connectivity index (χ3n) is 10.8. The maximum atomic E-state index is 11.6.